The summed E-state index contributed by atoms with van der Waals surface area (Å²) in [6.07, 6.45) is 4.76. The Hall–Kier alpha value is -0.940. The maximum absolute atomic E-state index is 5.39. The Morgan fingerprint density at radius 3 is 3.05 bits per heavy atom. The Kier molecular flexibility index (Phi) is 4.36. The van der Waals surface area contributed by atoms with Crippen LogP contribution < -0.4 is 0 Å². The number of piperazine rings is 1. The molecule has 2 aliphatic heterocycles. The quantitative estimate of drug-likeness (QED) is 0.823. The first-order valence-electron chi connectivity index (χ1n) is 7.98. The fraction of sp³-hybridized carbons (Fsp3) is 0.867. The van der Waals surface area contributed by atoms with Gasteiger partial charge in [0.05, 0.1) is 6.54 Å². The van der Waals surface area contributed by atoms with Crippen molar-refractivity contribution in [3.8, 4) is 0 Å². The molecule has 0 spiro atoms. The summed E-state index contributed by atoms with van der Waals surface area (Å²) >= 11 is 0. The van der Waals surface area contributed by atoms with E-state index >= 15 is 0 Å². The van der Waals surface area contributed by atoms with Gasteiger partial charge >= 0.3 is 0 Å². The molecule has 0 saturated carbocycles. The summed E-state index contributed by atoms with van der Waals surface area (Å²) in [7, 11) is 0. The van der Waals surface area contributed by atoms with Gasteiger partial charge in [0.25, 0.3) is 0 Å². The zero-order valence-corrected chi connectivity index (χ0v) is 12.7. The van der Waals surface area contributed by atoms with Crippen molar-refractivity contribution in [1.29, 1.82) is 0 Å². The predicted octanol–water partition coefficient (Wildman–Crippen LogP) is 1.94. The lowest BCUT2D eigenvalue weighted by Crippen LogP contribution is -2.49. The summed E-state index contributed by atoms with van der Waals surface area (Å²) in [5, 5.41) is 4.10. The summed E-state index contributed by atoms with van der Waals surface area (Å²) in [6.45, 7) is 10.0. The average Bonchev–Trinajstić information content (AvgIpc) is 3.04. The normalized spacial score (nSPS) is 24.4. The van der Waals surface area contributed by atoms with Crippen LogP contribution in [0.2, 0.25) is 0 Å². The summed E-state index contributed by atoms with van der Waals surface area (Å²) in [4.78, 5) is 9.62. The zero-order valence-electron chi connectivity index (χ0n) is 12.7. The molecule has 0 unspecified atom stereocenters. The number of nitrogens with zero attached hydrogens (tertiary/aromatic N) is 4. The summed E-state index contributed by atoms with van der Waals surface area (Å²) in [5.41, 5.74) is 0. The fourth-order valence-corrected chi connectivity index (χ4v) is 3.26. The summed E-state index contributed by atoms with van der Waals surface area (Å²) in [5.74, 6) is 2.34. The fourth-order valence-electron chi connectivity index (χ4n) is 3.26. The molecule has 112 valence electrons. The third kappa shape index (κ3) is 3.38. The predicted molar refractivity (Wildman–Crippen MR) is 77.3 cm³/mol. The van der Waals surface area contributed by atoms with E-state index in [9.17, 15) is 0 Å². The van der Waals surface area contributed by atoms with Crippen LogP contribution in [-0.4, -0.2) is 52.2 Å². The highest BCUT2D eigenvalue weighted by Crippen LogP contribution is 2.22. The Balaban J connectivity index is 1.50. The molecule has 0 amide bonds. The zero-order chi connectivity index (χ0) is 13.9. The van der Waals surface area contributed by atoms with Crippen molar-refractivity contribution in [3.05, 3.63) is 11.7 Å². The third-order valence-corrected chi connectivity index (χ3v) is 4.49. The molecule has 0 aromatic carbocycles. The molecule has 3 heterocycles. The number of fused-ring (bicyclic) bond motifs is 1. The van der Waals surface area contributed by atoms with Gasteiger partial charge in [0.2, 0.25) is 5.89 Å². The molecule has 1 atom stereocenters. The van der Waals surface area contributed by atoms with Crippen LogP contribution in [-0.2, 0) is 13.0 Å². The molecule has 0 N–H and O–H groups in total. The lowest BCUT2D eigenvalue weighted by Gasteiger charge is -2.36. The van der Waals surface area contributed by atoms with Crippen molar-refractivity contribution in [3.63, 3.8) is 0 Å². The van der Waals surface area contributed by atoms with E-state index in [4.69, 9.17) is 4.52 Å². The van der Waals surface area contributed by atoms with Crippen LogP contribution in [0.4, 0.5) is 0 Å². The number of rotatable bonds is 5. The van der Waals surface area contributed by atoms with Crippen LogP contribution in [0.3, 0.4) is 0 Å². The van der Waals surface area contributed by atoms with E-state index in [0.717, 1.165) is 50.2 Å². The molecule has 3 rings (SSSR count). The van der Waals surface area contributed by atoms with Crippen LogP contribution in [0.15, 0.2) is 4.52 Å². The largest absolute Gasteiger partial charge is 0.338 e. The Morgan fingerprint density at radius 1 is 1.30 bits per heavy atom. The van der Waals surface area contributed by atoms with E-state index in [1.807, 2.05) is 0 Å². The number of aromatic nitrogens is 2. The highest BCUT2D eigenvalue weighted by Gasteiger charge is 2.30. The second-order valence-electron chi connectivity index (χ2n) is 6.60. The van der Waals surface area contributed by atoms with Gasteiger partial charge in [0.1, 0.15) is 0 Å². The van der Waals surface area contributed by atoms with Crippen LogP contribution in [0.25, 0.3) is 0 Å². The molecule has 1 aromatic rings. The SMILES string of the molecule is CC(C)CCc1noc(CN2CCN3CCC[C@@H]3C2)n1. The monoisotopic (exact) mass is 278 g/mol. The maximum Gasteiger partial charge on any atom is 0.240 e. The first-order valence-corrected chi connectivity index (χ1v) is 7.98. The first kappa shape index (κ1) is 14.0. The van der Waals surface area contributed by atoms with Crippen molar-refractivity contribution in [1.82, 2.24) is 19.9 Å². The molecule has 2 saturated heterocycles. The van der Waals surface area contributed by atoms with Crippen molar-refractivity contribution < 1.29 is 4.52 Å². The highest BCUT2D eigenvalue weighted by molar-refractivity contribution is 4.91. The minimum Gasteiger partial charge on any atom is -0.338 e. The van der Waals surface area contributed by atoms with Gasteiger partial charge in [-0.15, -0.1) is 0 Å². The van der Waals surface area contributed by atoms with Gasteiger partial charge in [-0.1, -0.05) is 19.0 Å². The molecule has 0 aliphatic carbocycles. The topological polar surface area (TPSA) is 45.4 Å². The van der Waals surface area contributed by atoms with Crippen molar-refractivity contribution in [2.24, 2.45) is 5.92 Å². The van der Waals surface area contributed by atoms with E-state index in [1.165, 1.54) is 25.9 Å². The molecular formula is C15H26N4O. The average molecular weight is 278 g/mol. The number of hydrogen-bond donors (Lipinski definition) is 0. The third-order valence-electron chi connectivity index (χ3n) is 4.49. The molecule has 5 nitrogen and oxygen atoms in total. The van der Waals surface area contributed by atoms with Gasteiger partial charge in [-0.2, -0.15) is 4.98 Å². The molecule has 0 radical (unpaired) electrons. The molecule has 1 aromatic heterocycles. The minimum atomic E-state index is 0.687. The van der Waals surface area contributed by atoms with E-state index < -0.39 is 0 Å². The second-order valence-corrected chi connectivity index (χ2v) is 6.60. The number of hydrogen-bond acceptors (Lipinski definition) is 5. The smallest absolute Gasteiger partial charge is 0.240 e. The molecule has 20 heavy (non-hydrogen) atoms. The Labute approximate surface area is 121 Å². The highest BCUT2D eigenvalue weighted by atomic mass is 16.5. The molecule has 0 bridgehead atoms. The number of aryl methyl sites for hydroxylation is 1. The van der Waals surface area contributed by atoms with E-state index in [-0.39, 0.29) is 0 Å². The van der Waals surface area contributed by atoms with Gasteiger partial charge in [0.15, 0.2) is 5.82 Å². The first-order chi connectivity index (χ1) is 9.70. The van der Waals surface area contributed by atoms with E-state index in [2.05, 4.69) is 33.8 Å². The van der Waals surface area contributed by atoms with Crippen molar-refractivity contribution >= 4 is 0 Å². The molecule has 2 aliphatic rings. The van der Waals surface area contributed by atoms with Gasteiger partial charge in [-0.3, -0.25) is 9.80 Å². The van der Waals surface area contributed by atoms with Gasteiger partial charge in [-0.05, 0) is 31.7 Å². The Morgan fingerprint density at radius 2 is 2.20 bits per heavy atom. The lowest BCUT2D eigenvalue weighted by atomic mass is 10.1. The lowest BCUT2D eigenvalue weighted by molar-refractivity contribution is 0.0908. The second kappa shape index (κ2) is 6.22. The van der Waals surface area contributed by atoms with Crippen LogP contribution in [0.1, 0.15) is 44.8 Å². The van der Waals surface area contributed by atoms with Gasteiger partial charge in [0, 0.05) is 32.1 Å². The standard InChI is InChI=1S/C15H26N4O/c1-12(2)5-6-14-16-15(20-17-14)11-18-8-9-19-7-3-4-13(19)10-18/h12-13H,3-11H2,1-2H3/t13-/m1/s1. The van der Waals surface area contributed by atoms with Crippen LogP contribution in [0, 0.1) is 5.92 Å². The molecule has 5 heteroatoms. The molecule has 2 fully saturated rings. The van der Waals surface area contributed by atoms with E-state index in [0.29, 0.717) is 5.92 Å². The molecular weight excluding hydrogens is 252 g/mol. The van der Waals surface area contributed by atoms with E-state index in [1.54, 1.807) is 0 Å². The van der Waals surface area contributed by atoms with Crippen molar-refractivity contribution in [2.75, 3.05) is 26.2 Å². The van der Waals surface area contributed by atoms with Crippen molar-refractivity contribution in [2.45, 2.75) is 52.1 Å². The maximum atomic E-state index is 5.39. The Bertz CT molecular complexity index is 431. The van der Waals surface area contributed by atoms with Gasteiger partial charge < -0.3 is 4.52 Å². The van der Waals surface area contributed by atoms with Gasteiger partial charge in [-0.25, -0.2) is 0 Å². The van der Waals surface area contributed by atoms with Crippen LogP contribution >= 0.6 is 0 Å². The minimum absolute atomic E-state index is 0.687. The summed E-state index contributed by atoms with van der Waals surface area (Å²) < 4.78 is 5.39. The van der Waals surface area contributed by atoms with Crippen LogP contribution in [0.5, 0.6) is 0 Å². The summed E-state index contributed by atoms with van der Waals surface area (Å²) in [6, 6.07) is 0.757.